The van der Waals surface area contributed by atoms with E-state index in [2.05, 4.69) is 75.5 Å². The molecule has 10 heteroatoms. The van der Waals surface area contributed by atoms with Crippen LogP contribution in [0, 0.1) is 7.14 Å². The molecule has 6 nitrogen and oxygen atoms in total. The first-order valence-corrected chi connectivity index (χ1v) is 20.1. The highest BCUT2D eigenvalue weighted by atomic mass is 127. The van der Waals surface area contributed by atoms with Crippen LogP contribution in [0.15, 0.2) is 129 Å². The Balaban J connectivity index is 1.40. The van der Waals surface area contributed by atoms with Crippen LogP contribution in [0.25, 0.3) is 22.5 Å². The molecule has 7 rings (SSSR count). The van der Waals surface area contributed by atoms with Gasteiger partial charge in [0.05, 0.1) is 32.0 Å². The van der Waals surface area contributed by atoms with Crippen LogP contribution in [0.5, 0.6) is 5.75 Å². The maximum Gasteiger partial charge on any atom is 0.338 e. The first kappa shape index (κ1) is 34.7. The number of carbonyl (C=O) groups excluding carboxylic acids is 1. The summed E-state index contributed by atoms with van der Waals surface area (Å²) >= 11 is 7.52. The molecule has 0 N–H and O–H groups in total. The first-order chi connectivity index (χ1) is 24.4. The van der Waals surface area contributed by atoms with Crippen molar-refractivity contribution in [2.75, 3.05) is 12.9 Å². The van der Waals surface area contributed by atoms with Crippen LogP contribution in [-0.2, 0) is 16.1 Å². The summed E-state index contributed by atoms with van der Waals surface area (Å²) in [5.74, 6) is 0.200. The maximum absolute atomic E-state index is 14.6. The van der Waals surface area contributed by atoms with Crippen LogP contribution < -0.4 is 19.6 Å². The molecule has 0 bridgehead atoms. The first-order valence-electron chi connectivity index (χ1n) is 15.9. The Morgan fingerprint density at radius 3 is 2.46 bits per heavy atom. The molecule has 1 aromatic heterocycles. The van der Waals surface area contributed by atoms with E-state index in [4.69, 9.17) is 14.5 Å². The summed E-state index contributed by atoms with van der Waals surface area (Å²) in [5, 5.41) is 2.30. The van der Waals surface area contributed by atoms with Crippen LogP contribution in [0.1, 0.15) is 35.2 Å². The average molecular weight is 921 g/mol. The number of thioether (sulfide) groups is 1. The number of benzene rings is 5. The Kier molecular flexibility index (Phi) is 10.6. The number of fused-ring (bicyclic) bond motifs is 2. The van der Waals surface area contributed by atoms with E-state index in [9.17, 15) is 9.59 Å². The summed E-state index contributed by atoms with van der Waals surface area (Å²) in [5.41, 5.74) is 4.03. The SMILES string of the molecule is CCOC(=O)C1=C(c2ccccc2)N=c2s/c(=C\c3cc(I)cc(I)c3OCc3cccc4ccccc34)c(=O)n2[C@H]1c1ccc(SC)cc1. The lowest BCUT2D eigenvalue weighted by atomic mass is 9.93. The zero-order chi connectivity index (χ0) is 34.8. The minimum absolute atomic E-state index is 0.194. The molecule has 0 unspecified atom stereocenters. The molecular formula is C40H30I2N2O4S2. The number of hydrogen-bond donors (Lipinski definition) is 0. The van der Waals surface area contributed by atoms with Crippen molar-refractivity contribution in [1.29, 1.82) is 0 Å². The standard InChI is InChI=1S/C40H30I2N2O4S2/c1-3-47-39(46)34-35(25-11-5-4-6-12-25)43-40-44(36(34)26-16-18-30(49-2)19-17-26)38(45)33(50-40)21-28-20-29(41)22-32(42)37(28)48-23-27-14-9-13-24-10-7-8-15-31(24)27/h4-22,36H,3,23H2,1-2H3/b33-21-/t36-/m0/s1. The van der Waals surface area contributed by atoms with Gasteiger partial charge >= 0.3 is 5.97 Å². The Bertz CT molecular complexity index is 2450. The molecule has 250 valence electrons. The molecule has 0 saturated heterocycles. The number of esters is 1. The van der Waals surface area contributed by atoms with Crippen molar-refractivity contribution in [3.05, 3.63) is 164 Å². The van der Waals surface area contributed by atoms with Crippen molar-refractivity contribution in [1.82, 2.24) is 4.57 Å². The van der Waals surface area contributed by atoms with Gasteiger partial charge in [0.15, 0.2) is 4.80 Å². The number of thiazole rings is 1. The highest BCUT2D eigenvalue weighted by Gasteiger charge is 2.35. The van der Waals surface area contributed by atoms with Crippen LogP contribution in [0.3, 0.4) is 0 Å². The fraction of sp³-hybridized carbons (Fsp3) is 0.125. The molecule has 0 spiro atoms. The molecule has 0 amide bonds. The average Bonchev–Trinajstić information content (AvgIpc) is 3.44. The molecule has 1 aliphatic rings. The molecule has 0 fully saturated rings. The van der Waals surface area contributed by atoms with Gasteiger partial charge in [0.1, 0.15) is 12.4 Å². The second-order valence-corrected chi connectivity index (χ2v) is 15.7. The molecular weight excluding hydrogens is 890 g/mol. The number of halogens is 2. The van der Waals surface area contributed by atoms with E-state index in [0.29, 0.717) is 33.0 Å². The Morgan fingerprint density at radius 1 is 0.960 bits per heavy atom. The van der Waals surface area contributed by atoms with Crippen molar-refractivity contribution < 1.29 is 14.3 Å². The van der Waals surface area contributed by atoms with Crippen molar-refractivity contribution in [2.45, 2.75) is 24.5 Å². The largest absolute Gasteiger partial charge is 0.487 e. The second-order valence-electron chi connectivity index (χ2n) is 11.4. The fourth-order valence-corrected chi connectivity index (χ4v) is 9.54. The van der Waals surface area contributed by atoms with Gasteiger partial charge in [0, 0.05) is 19.6 Å². The van der Waals surface area contributed by atoms with Crippen LogP contribution >= 0.6 is 68.3 Å². The van der Waals surface area contributed by atoms with E-state index >= 15 is 0 Å². The van der Waals surface area contributed by atoms with Crippen LogP contribution in [0.2, 0.25) is 0 Å². The van der Waals surface area contributed by atoms with Gasteiger partial charge in [-0.25, -0.2) is 9.79 Å². The molecule has 5 aromatic carbocycles. The fourth-order valence-electron chi connectivity index (χ4n) is 6.09. The summed E-state index contributed by atoms with van der Waals surface area (Å²) < 4.78 is 16.3. The van der Waals surface area contributed by atoms with Gasteiger partial charge < -0.3 is 9.47 Å². The molecule has 0 saturated carbocycles. The normalized spacial score (nSPS) is 14.4. The highest BCUT2D eigenvalue weighted by Crippen LogP contribution is 2.36. The molecule has 50 heavy (non-hydrogen) atoms. The van der Waals surface area contributed by atoms with E-state index in [1.807, 2.05) is 91.2 Å². The summed E-state index contributed by atoms with van der Waals surface area (Å²) in [6, 6.07) is 35.4. The van der Waals surface area contributed by atoms with Gasteiger partial charge in [0.2, 0.25) is 0 Å². The van der Waals surface area contributed by atoms with Crippen molar-refractivity contribution in [2.24, 2.45) is 4.99 Å². The molecule has 2 heterocycles. The van der Waals surface area contributed by atoms with E-state index in [0.717, 1.165) is 45.1 Å². The lowest BCUT2D eigenvalue weighted by molar-refractivity contribution is -0.138. The minimum atomic E-state index is -0.739. The Labute approximate surface area is 324 Å². The monoisotopic (exact) mass is 920 g/mol. The lowest BCUT2D eigenvalue weighted by Crippen LogP contribution is -2.40. The van der Waals surface area contributed by atoms with Gasteiger partial charge in [-0.15, -0.1) is 11.8 Å². The van der Waals surface area contributed by atoms with E-state index in [1.54, 1.807) is 23.3 Å². The van der Waals surface area contributed by atoms with Crippen LogP contribution in [0.4, 0.5) is 0 Å². The quantitative estimate of drug-likeness (QED) is 0.0827. The third-order valence-electron chi connectivity index (χ3n) is 8.38. The summed E-state index contributed by atoms with van der Waals surface area (Å²) in [4.78, 5) is 35.0. The van der Waals surface area contributed by atoms with Gasteiger partial charge in [-0.2, -0.15) is 0 Å². The maximum atomic E-state index is 14.6. The smallest absolute Gasteiger partial charge is 0.338 e. The van der Waals surface area contributed by atoms with E-state index < -0.39 is 12.0 Å². The zero-order valence-electron chi connectivity index (χ0n) is 27.1. The van der Waals surface area contributed by atoms with Crippen molar-refractivity contribution in [3.63, 3.8) is 0 Å². The second kappa shape index (κ2) is 15.3. The number of carbonyl (C=O) groups is 1. The van der Waals surface area contributed by atoms with Crippen molar-refractivity contribution >= 4 is 96.8 Å². The Hall–Kier alpha value is -3.72. The lowest BCUT2D eigenvalue weighted by Gasteiger charge is -2.26. The molecule has 0 radical (unpaired) electrons. The van der Waals surface area contributed by atoms with Gasteiger partial charge in [-0.3, -0.25) is 9.36 Å². The molecule has 1 aliphatic heterocycles. The van der Waals surface area contributed by atoms with Gasteiger partial charge in [0.25, 0.3) is 5.56 Å². The zero-order valence-corrected chi connectivity index (χ0v) is 33.0. The number of ether oxygens (including phenoxy) is 2. The predicted octanol–water partition coefficient (Wildman–Crippen LogP) is 8.60. The molecule has 0 aliphatic carbocycles. The molecule has 1 atom stereocenters. The summed E-state index contributed by atoms with van der Waals surface area (Å²) in [7, 11) is 0. The Morgan fingerprint density at radius 2 is 1.70 bits per heavy atom. The van der Waals surface area contributed by atoms with E-state index in [1.165, 1.54) is 11.3 Å². The molecule has 6 aromatic rings. The summed E-state index contributed by atoms with van der Waals surface area (Å²) in [6.45, 7) is 2.34. The topological polar surface area (TPSA) is 69.9 Å². The summed E-state index contributed by atoms with van der Waals surface area (Å²) in [6.07, 6.45) is 3.90. The van der Waals surface area contributed by atoms with E-state index in [-0.39, 0.29) is 12.2 Å². The predicted molar refractivity (Wildman–Crippen MR) is 219 cm³/mol. The van der Waals surface area contributed by atoms with Crippen LogP contribution in [-0.4, -0.2) is 23.4 Å². The third kappa shape index (κ3) is 6.95. The third-order valence-corrected chi connectivity index (χ3v) is 11.5. The van der Waals surface area contributed by atoms with Gasteiger partial charge in [-0.05, 0) is 111 Å². The minimum Gasteiger partial charge on any atom is -0.487 e. The number of aromatic nitrogens is 1. The number of nitrogens with zero attached hydrogens (tertiary/aromatic N) is 2. The number of hydrogen-bond acceptors (Lipinski definition) is 7. The van der Waals surface area contributed by atoms with Crippen molar-refractivity contribution in [3.8, 4) is 5.75 Å². The highest BCUT2D eigenvalue weighted by molar-refractivity contribution is 14.1. The number of rotatable bonds is 9. The van der Waals surface area contributed by atoms with Gasteiger partial charge in [-0.1, -0.05) is 96.3 Å².